The van der Waals surface area contributed by atoms with Gasteiger partial charge in [0.15, 0.2) is 0 Å². The molecule has 3 heteroatoms. The van der Waals surface area contributed by atoms with Crippen molar-refractivity contribution in [1.29, 1.82) is 0 Å². The minimum absolute atomic E-state index is 0.0182. The monoisotopic (exact) mass is 280 g/mol. The molecule has 1 aliphatic rings. The highest BCUT2D eigenvalue weighted by Crippen LogP contribution is 2.45. The predicted molar refractivity (Wildman–Crippen MR) is 82.6 cm³/mol. The van der Waals surface area contributed by atoms with Crippen molar-refractivity contribution < 1.29 is 0 Å². The first-order valence-corrected chi connectivity index (χ1v) is 7.62. The summed E-state index contributed by atoms with van der Waals surface area (Å²) in [5.41, 5.74) is 8.39. The third-order valence-electron chi connectivity index (χ3n) is 4.71. The molecule has 19 heavy (non-hydrogen) atoms. The number of hydrogen-bond donors (Lipinski definition) is 1. The van der Waals surface area contributed by atoms with Crippen molar-refractivity contribution in [2.45, 2.75) is 57.7 Å². The molecule has 2 N–H and O–H groups in total. The van der Waals surface area contributed by atoms with Crippen molar-refractivity contribution in [2.75, 3.05) is 5.73 Å². The molecule has 1 heterocycles. The van der Waals surface area contributed by atoms with Gasteiger partial charge in [-0.1, -0.05) is 33.3 Å². The molecule has 0 amide bonds. The molecule has 0 bridgehead atoms. The Kier molecular flexibility index (Phi) is 4.10. The van der Waals surface area contributed by atoms with Crippen LogP contribution < -0.4 is 5.73 Å². The summed E-state index contributed by atoms with van der Waals surface area (Å²) >= 11 is 6.64. The Morgan fingerprint density at radius 2 is 2.05 bits per heavy atom. The van der Waals surface area contributed by atoms with Gasteiger partial charge in [0.1, 0.15) is 5.82 Å². The lowest BCUT2D eigenvalue weighted by Crippen LogP contribution is -2.39. The zero-order chi connectivity index (χ0) is 14.2. The number of nitrogens with two attached hydrogens (primary N) is 1. The normalized spacial score (nSPS) is 28.4. The molecule has 1 fully saturated rings. The van der Waals surface area contributed by atoms with Crippen LogP contribution in [0.1, 0.15) is 51.2 Å². The SMILES string of the molecule is Cc1cnc(N)c(C(C)(C)C2CCC(C)CC2Cl)c1. The fourth-order valence-electron chi connectivity index (χ4n) is 3.42. The summed E-state index contributed by atoms with van der Waals surface area (Å²) in [7, 11) is 0. The van der Waals surface area contributed by atoms with Gasteiger partial charge < -0.3 is 5.73 Å². The van der Waals surface area contributed by atoms with E-state index in [1.807, 2.05) is 6.20 Å². The number of rotatable bonds is 2. The highest BCUT2D eigenvalue weighted by molar-refractivity contribution is 6.20. The van der Waals surface area contributed by atoms with Crippen molar-refractivity contribution in [3.8, 4) is 0 Å². The maximum atomic E-state index is 6.64. The minimum atomic E-state index is -0.0182. The molecule has 106 valence electrons. The van der Waals surface area contributed by atoms with Gasteiger partial charge in [0.25, 0.3) is 0 Å². The van der Waals surface area contributed by atoms with Crippen LogP contribution in [0.3, 0.4) is 0 Å². The third-order valence-corrected chi connectivity index (χ3v) is 5.19. The van der Waals surface area contributed by atoms with Crippen LogP contribution in [0.5, 0.6) is 0 Å². The average molecular weight is 281 g/mol. The van der Waals surface area contributed by atoms with E-state index in [0.29, 0.717) is 11.7 Å². The topological polar surface area (TPSA) is 38.9 Å². The molecule has 3 unspecified atom stereocenters. The standard InChI is InChI=1S/C16H25ClN2/c1-10-5-6-12(14(17)8-10)16(3,4)13-7-11(2)9-19-15(13)18/h7,9-10,12,14H,5-6,8H2,1-4H3,(H2,18,19). The van der Waals surface area contributed by atoms with E-state index in [4.69, 9.17) is 17.3 Å². The summed E-state index contributed by atoms with van der Waals surface area (Å²) in [6.45, 7) is 8.88. The van der Waals surface area contributed by atoms with E-state index in [0.717, 1.165) is 23.5 Å². The molecule has 1 aliphatic carbocycles. The quantitative estimate of drug-likeness (QED) is 0.821. The average Bonchev–Trinajstić information content (AvgIpc) is 2.31. The number of aryl methyl sites for hydroxylation is 1. The number of alkyl halides is 1. The summed E-state index contributed by atoms with van der Waals surface area (Å²) in [6, 6.07) is 2.17. The van der Waals surface area contributed by atoms with Gasteiger partial charge in [0, 0.05) is 17.1 Å². The second kappa shape index (κ2) is 5.32. The second-order valence-corrected chi connectivity index (χ2v) is 7.27. The van der Waals surface area contributed by atoms with Crippen LogP contribution in [0.25, 0.3) is 0 Å². The summed E-state index contributed by atoms with van der Waals surface area (Å²) in [6.07, 6.45) is 5.37. The minimum Gasteiger partial charge on any atom is -0.383 e. The maximum absolute atomic E-state index is 6.64. The fourth-order valence-corrected chi connectivity index (χ4v) is 4.17. The van der Waals surface area contributed by atoms with E-state index in [9.17, 15) is 0 Å². The Labute approximate surface area is 121 Å². The molecule has 0 aliphatic heterocycles. The molecule has 1 aromatic heterocycles. The smallest absolute Gasteiger partial charge is 0.127 e. The van der Waals surface area contributed by atoms with Crippen LogP contribution in [-0.2, 0) is 5.41 Å². The fraction of sp³-hybridized carbons (Fsp3) is 0.688. The lowest BCUT2D eigenvalue weighted by Gasteiger charge is -2.42. The van der Waals surface area contributed by atoms with E-state index >= 15 is 0 Å². The van der Waals surface area contributed by atoms with Gasteiger partial charge >= 0.3 is 0 Å². The van der Waals surface area contributed by atoms with E-state index in [2.05, 4.69) is 38.7 Å². The Morgan fingerprint density at radius 3 is 2.68 bits per heavy atom. The van der Waals surface area contributed by atoms with Gasteiger partial charge in [-0.3, -0.25) is 0 Å². The molecule has 1 saturated carbocycles. The van der Waals surface area contributed by atoms with Crippen LogP contribution in [0, 0.1) is 18.8 Å². The molecule has 3 atom stereocenters. The zero-order valence-corrected chi connectivity index (χ0v) is 13.2. The predicted octanol–water partition coefficient (Wildman–Crippen LogP) is 4.29. The first kappa shape index (κ1) is 14.6. The summed E-state index contributed by atoms with van der Waals surface area (Å²) < 4.78 is 0. The van der Waals surface area contributed by atoms with Crippen molar-refractivity contribution in [3.05, 3.63) is 23.4 Å². The Bertz CT molecular complexity index is 456. The van der Waals surface area contributed by atoms with Crippen molar-refractivity contribution in [2.24, 2.45) is 11.8 Å². The number of nitrogen functional groups attached to an aromatic ring is 1. The van der Waals surface area contributed by atoms with E-state index < -0.39 is 0 Å². The van der Waals surface area contributed by atoms with E-state index in [1.165, 1.54) is 12.8 Å². The molecule has 0 spiro atoms. The Balaban J connectivity index is 2.33. The maximum Gasteiger partial charge on any atom is 0.127 e. The van der Waals surface area contributed by atoms with Crippen LogP contribution in [0.4, 0.5) is 5.82 Å². The van der Waals surface area contributed by atoms with E-state index in [-0.39, 0.29) is 10.8 Å². The number of hydrogen-bond acceptors (Lipinski definition) is 2. The van der Waals surface area contributed by atoms with Crippen molar-refractivity contribution >= 4 is 17.4 Å². The Morgan fingerprint density at radius 1 is 1.37 bits per heavy atom. The van der Waals surface area contributed by atoms with Crippen LogP contribution in [-0.4, -0.2) is 10.4 Å². The molecule has 0 aromatic carbocycles. The van der Waals surface area contributed by atoms with Crippen molar-refractivity contribution in [3.63, 3.8) is 0 Å². The summed E-state index contributed by atoms with van der Waals surface area (Å²) in [5, 5.41) is 0.235. The van der Waals surface area contributed by atoms with Gasteiger partial charge in [0.2, 0.25) is 0 Å². The van der Waals surface area contributed by atoms with Gasteiger partial charge in [-0.15, -0.1) is 11.6 Å². The molecular formula is C16H25ClN2. The summed E-state index contributed by atoms with van der Waals surface area (Å²) in [4.78, 5) is 4.31. The van der Waals surface area contributed by atoms with Gasteiger partial charge in [-0.05, 0) is 42.6 Å². The molecule has 1 aromatic rings. The van der Waals surface area contributed by atoms with Gasteiger partial charge in [-0.2, -0.15) is 0 Å². The highest BCUT2D eigenvalue weighted by Gasteiger charge is 2.40. The number of halogens is 1. The number of anilines is 1. The third kappa shape index (κ3) is 2.89. The molecule has 2 rings (SSSR count). The lowest BCUT2D eigenvalue weighted by atomic mass is 9.65. The first-order valence-electron chi connectivity index (χ1n) is 7.19. The second-order valence-electron chi connectivity index (χ2n) is 6.71. The number of aromatic nitrogens is 1. The largest absolute Gasteiger partial charge is 0.383 e. The number of nitrogens with zero attached hydrogens (tertiary/aromatic N) is 1. The molecule has 0 radical (unpaired) electrons. The lowest BCUT2D eigenvalue weighted by molar-refractivity contribution is 0.208. The van der Waals surface area contributed by atoms with Crippen LogP contribution >= 0.6 is 11.6 Å². The van der Waals surface area contributed by atoms with E-state index in [1.54, 1.807) is 0 Å². The molecule has 2 nitrogen and oxygen atoms in total. The van der Waals surface area contributed by atoms with Crippen LogP contribution in [0.15, 0.2) is 12.3 Å². The van der Waals surface area contributed by atoms with Gasteiger partial charge in [0.05, 0.1) is 0 Å². The summed E-state index contributed by atoms with van der Waals surface area (Å²) in [5.74, 6) is 1.86. The number of pyridine rings is 1. The Hall–Kier alpha value is -0.760. The van der Waals surface area contributed by atoms with Crippen LogP contribution in [0.2, 0.25) is 0 Å². The first-order chi connectivity index (χ1) is 8.82. The van der Waals surface area contributed by atoms with Crippen molar-refractivity contribution in [1.82, 2.24) is 4.98 Å². The highest BCUT2D eigenvalue weighted by atomic mass is 35.5. The zero-order valence-electron chi connectivity index (χ0n) is 12.4. The molecular weight excluding hydrogens is 256 g/mol. The molecule has 0 saturated heterocycles. The van der Waals surface area contributed by atoms with Gasteiger partial charge in [-0.25, -0.2) is 4.98 Å².